The van der Waals surface area contributed by atoms with E-state index in [-0.39, 0.29) is 18.9 Å². The van der Waals surface area contributed by atoms with Crippen LogP contribution in [-0.2, 0) is 4.79 Å². The smallest absolute Gasteiger partial charge is 0.545 e. The van der Waals surface area contributed by atoms with Gasteiger partial charge in [-0.25, -0.2) is 0 Å². The molecule has 0 spiro atoms. The summed E-state index contributed by atoms with van der Waals surface area (Å²) in [5.41, 5.74) is 0. The van der Waals surface area contributed by atoms with Crippen molar-refractivity contribution in [3.63, 3.8) is 0 Å². The fourth-order valence-electron chi connectivity index (χ4n) is 1.91. The van der Waals surface area contributed by atoms with Gasteiger partial charge in [0.05, 0.1) is 5.97 Å². The van der Waals surface area contributed by atoms with Crippen LogP contribution in [0.4, 0.5) is 0 Å². The number of carbonyl (C=O) groups excluding carboxylic acids is 1. The first kappa shape index (κ1) is 24.0. The topological polar surface area (TPSA) is 40.1 Å². The Morgan fingerprint density at radius 1 is 0.739 bits per heavy atom. The number of allylic oxidation sites excluding steroid dienone is 9. The Hall–Kier alpha value is -1.23. The molecule has 0 saturated carbocycles. The molecule has 0 heterocycles. The Labute approximate surface area is 153 Å². The van der Waals surface area contributed by atoms with Crippen molar-refractivity contribution in [2.75, 3.05) is 0 Å². The average molecular weight is 308 g/mol. The maximum Gasteiger partial charge on any atom is 1.00 e. The van der Waals surface area contributed by atoms with Crippen molar-refractivity contribution < 1.29 is 28.8 Å². The van der Waals surface area contributed by atoms with Gasteiger partial charge in [-0.1, -0.05) is 100 Å². The van der Waals surface area contributed by atoms with E-state index in [2.05, 4.69) is 19.1 Å². The van der Waals surface area contributed by atoms with Crippen molar-refractivity contribution >= 4 is 5.97 Å². The second-order valence-electron chi connectivity index (χ2n) is 5.17. The van der Waals surface area contributed by atoms with Gasteiger partial charge in [0.2, 0.25) is 0 Å². The molecule has 0 aromatic carbocycles. The first-order chi connectivity index (χ1) is 10.8. The number of carboxylic acid groups (broad SMARTS) is 1. The first-order valence-electron chi connectivity index (χ1n) is 8.31. The number of carbonyl (C=O) groups is 1. The monoisotopic (exact) mass is 308 g/mol. The van der Waals surface area contributed by atoms with Gasteiger partial charge in [-0.2, -0.15) is 0 Å². The Morgan fingerprint density at radius 2 is 1.22 bits per heavy atom. The third-order valence-corrected chi connectivity index (χ3v) is 3.12. The number of aliphatic carboxylic acids is 1. The summed E-state index contributed by atoms with van der Waals surface area (Å²) < 4.78 is 0. The molecule has 122 valence electrons. The van der Waals surface area contributed by atoms with Crippen molar-refractivity contribution in [1.82, 2.24) is 0 Å². The van der Waals surface area contributed by atoms with Crippen molar-refractivity contribution in [3.8, 4) is 0 Å². The fourth-order valence-corrected chi connectivity index (χ4v) is 1.91. The van der Waals surface area contributed by atoms with Crippen LogP contribution in [0.2, 0.25) is 0 Å². The van der Waals surface area contributed by atoms with Crippen molar-refractivity contribution in [1.29, 1.82) is 0 Å². The van der Waals surface area contributed by atoms with Crippen LogP contribution in [0, 0.1) is 0 Å². The number of hydrogen-bond acceptors (Lipinski definition) is 2. The normalized spacial score (nSPS) is 12.2. The van der Waals surface area contributed by atoms with Gasteiger partial charge < -0.3 is 9.90 Å². The van der Waals surface area contributed by atoms with Crippen molar-refractivity contribution in [2.45, 2.75) is 58.3 Å². The molecular weight excluding hydrogens is 279 g/mol. The van der Waals surface area contributed by atoms with Crippen molar-refractivity contribution in [2.24, 2.45) is 0 Å². The molecule has 0 atom stereocenters. The van der Waals surface area contributed by atoms with Gasteiger partial charge in [0.1, 0.15) is 0 Å². The summed E-state index contributed by atoms with van der Waals surface area (Å²) in [6.45, 7) is 2.25. The van der Waals surface area contributed by atoms with E-state index in [0.717, 1.165) is 12.5 Å². The van der Waals surface area contributed by atoms with E-state index in [1.54, 1.807) is 12.2 Å². The molecule has 0 rings (SSSR count). The third kappa shape index (κ3) is 23.2. The Kier molecular flexibility index (Phi) is 21.7. The summed E-state index contributed by atoms with van der Waals surface area (Å²) in [7, 11) is 0. The summed E-state index contributed by atoms with van der Waals surface area (Å²) in [6.07, 6.45) is 28.4. The maximum atomic E-state index is 10.1. The largest absolute Gasteiger partial charge is 1.00 e. The molecule has 23 heavy (non-hydrogen) atoms. The van der Waals surface area contributed by atoms with E-state index in [1.807, 2.05) is 24.3 Å². The van der Waals surface area contributed by atoms with Crippen LogP contribution >= 0.6 is 0 Å². The number of hydrogen-bond donors (Lipinski definition) is 0. The van der Waals surface area contributed by atoms with Gasteiger partial charge in [0.15, 0.2) is 0 Å². The van der Waals surface area contributed by atoms with Gasteiger partial charge in [0, 0.05) is 0 Å². The van der Waals surface area contributed by atoms with E-state index >= 15 is 0 Å². The minimum absolute atomic E-state index is 0. The maximum absolute atomic E-state index is 10.1. The SMILES string of the molecule is CCCCCCCCC/C=C/C=C/C=C/C=C/C=C/C(=O)[O-].[Li+]. The molecule has 0 fully saturated rings. The average Bonchev–Trinajstić information content (AvgIpc) is 2.50. The Bertz CT molecular complexity index is 404. The second-order valence-corrected chi connectivity index (χ2v) is 5.17. The van der Waals surface area contributed by atoms with Crippen molar-refractivity contribution in [3.05, 3.63) is 60.8 Å². The third-order valence-electron chi connectivity index (χ3n) is 3.12. The van der Waals surface area contributed by atoms with Crippen LogP contribution in [0.5, 0.6) is 0 Å². The number of rotatable bonds is 13. The van der Waals surface area contributed by atoms with E-state index in [1.165, 1.54) is 51.0 Å². The molecule has 0 aliphatic rings. The molecule has 0 aliphatic heterocycles. The quantitative estimate of drug-likeness (QED) is 0.225. The molecule has 0 aromatic rings. The minimum Gasteiger partial charge on any atom is -0.545 e. The minimum atomic E-state index is -1.18. The molecule has 0 aliphatic carbocycles. The summed E-state index contributed by atoms with van der Waals surface area (Å²) in [4.78, 5) is 10.1. The molecule has 3 heteroatoms. The summed E-state index contributed by atoms with van der Waals surface area (Å²) in [5, 5.41) is 10.1. The zero-order valence-corrected chi connectivity index (χ0v) is 14.7. The fraction of sp³-hybridized carbons (Fsp3) is 0.450. The molecule has 0 radical (unpaired) electrons. The van der Waals surface area contributed by atoms with Crippen LogP contribution in [0.15, 0.2) is 60.8 Å². The van der Waals surface area contributed by atoms with Crippen LogP contribution in [0.3, 0.4) is 0 Å². The van der Waals surface area contributed by atoms with E-state index in [4.69, 9.17) is 0 Å². The summed E-state index contributed by atoms with van der Waals surface area (Å²) >= 11 is 0. The molecule has 0 unspecified atom stereocenters. The van der Waals surface area contributed by atoms with Crippen LogP contribution in [0.25, 0.3) is 0 Å². The second kappa shape index (κ2) is 20.8. The predicted molar refractivity (Wildman–Crippen MR) is 93.3 cm³/mol. The zero-order chi connectivity index (χ0) is 16.3. The van der Waals surface area contributed by atoms with Gasteiger partial charge in [-0.05, 0) is 18.9 Å². The Morgan fingerprint density at radius 3 is 1.78 bits per heavy atom. The van der Waals surface area contributed by atoms with Crippen LogP contribution < -0.4 is 24.0 Å². The Balaban J connectivity index is 0. The molecule has 0 aromatic heterocycles. The van der Waals surface area contributed by atoms with Gasteiger partial charge in [-0.15, -0.1) is 0 Å². The van der Waals surface area contributed by atoms with Crippen LogP contribution in [0.1, 0.15) is 58.3 Å². The molecule has 0 saturated heterocycles. The van der Waals surface area contributed by atoms with Gasteiger partial charge in [-0.3, -0.25) is 0 Å². The van der Waals surface area contributed by atoms with Gasteiger partial charge in [0.25, 0.3) is 0 Å². The molecule has 0 amide bonds. The summed E-state index contributed by atoms with van der Waals surface area (Å²) in [5.74, 6) is -1.18. The molecule has 2 nitrogen and oxygen atoms in total. The van der Waals surface area contributed by atoms with Gasteiger partial charge >= 0.3 is 18.9 Å². The summed E-state index contributed by atoms with van der Waals surface area (Å²) in [6, 6.07) is 0. The molecule has 0 bridgehead atoms. The van der Waals surface area contributed by atoms with E-state index in [0.29, 0.717) is 0 Å². The number of unbranched alkanes of at least 4 members (excludes halogenated alkanes) is 7. The molecular formula is C20H29LiO2. The van der Waals surface area contributed by atoms with E-state index < -0.39 is 5.97 Å². The zero-order valence-electron chi connectivity index (χ0n) is 14.7. The van der Waals surface area contributed by atoms with E-state index in [9.17, 15) is 9.90 Å². The standard InChI is InChI=1S/C20H30O2.Li/c1-2-3-4-5-6-7-8-9-10-11-12-13-14-15-16-17-18-19-20(21)22;/h10-19H,2-9H2,1H3,(H,21,22);/q;+1/p-1/b11-10+,13-12+,15-14+,17-16+,19-18+;. The van der Waals surface area contributed by atoms with Crippen LogP contribution in [-0.4, -0.2) is 5.97 Å². The molecule has 0 N–H and O–H groups in total. The first-order valence-corrected chi connectivity index (χ1v) is 8.31. The number of carboxylic acids is 1. The predicted octanol–water partition coefficient (Wildman–Crippen LogP) is 1.66.